The normalized spacial score (nSPS) is 11.9. The van der Waals surface area contributed by atoms with Gasteiger partial charge in [-0.15, -0.1) is 0 Å². The number of amides is 1. The number of rotatable bonds is 7. The minimum absolute atomic E-state index is 0.342. The number of nitrogens with one attached hydrogen (secondary N) is 1. The summed E-state index contributed by atoms with van der Waals surface area (Å²) in [5.41, 5.74) is 1.44. The van der Waals surface area contributed by atoms with Crippen molar-refractivity contribution >= 4 is 29.4 Å². The van der Waals surface area contributed by atoms with Crippen molar-refractivity contribution in [3.8, 4) is 11.5 Å². The maximum Gasteiger partial charge on any atom is 0.267 e. The van der Waals surface area contributed by atoms with Gasteiger partial charge in [0.05, 0.1) is 25.5 Å². The van der Waals surface area contributed by atoms with Crippen LogP contribution in [0.3, 0.4) is 0 Å². The molecule has 2 rings (SSSR count). The van der Waals surface area contributed by atoms with Crippen LogP contribution in [0, 0.1) is 12.7 Å². The molecule has 0 spiro atoms. The van der Waals surface area contributed by atoms with E-state index in [1.165, 1.54) is 33.4 Å². The highest BCUT2D eigenvalue weighted by Crippen LogP contribution is 2.35. The predicted octanol–water partition coefficient (Wildman–Crippen LogP) is 4.18. The molecule has 0 aromatic heterocycles. The van der Waals surface area contributed by atoms with Gasteiger partial charge in [0.25, 0.3) is 5.91 Å². The van der Waals surface area contributed by atoms with Gasteiger partial charge >= 0.3 is 0 Å². The minimum atomic E-state index is -0.888. The largest absolute Gasteiger partial charge is 0.493 e. The van der Waals surface area contributed by atoms with E-state index in [1.54, 1.807) is 31.2 Å². The first-order valence-electron chi connectivity index (χ1n) is 8.03. The lowest BCUT2D eigenvalue weighted by molar-refractivity contribution is -0.126. The number of carbonyl (C=O) groups excluding carboxylic acids is 1. The van der Waals surface area contributed by atoms with E-state index in [2.05, 4.69) is 10.5 Å². The molecule has 1 amide bonds. The van der Waals surface area contributed by atoms with E-state index >= 15 is 0 Å². The standard InChI is InChI=1S/C19H20ClFN2O4/c1-11-5-6-14(9-16(11)21)23-19(24)12(2)27-22-10-13-7-15(20)18(26-4)17(8-13)25-3/h5-10,12H,1-4H3,(H,23,24)/b22-10+. The third-order valence-electron chi connectivity index (χ3n) is 3.69. The lowest BCUT2D eigenvalue weighted by Crippen LogP contribution is -2.26. The number of hydrogen-bond acceptors (Lipinski definition) is 5. The molecule has 0 saturated carbocycles. The Morgan fingerprint density at radius 1 is 1.26 bits per heavy atom. The quantitative estimate of drug-likeness (QED) is 0.565. The van der Waals surface area contributed by atoms with E-state index in [0.717, 1.165) is 0 Å². The highest BCUT2D eigenvalue weighted by molar-refractivity contribution is 6.32. The second-order valence-corrected chi connectivity index (χ2v) is 6.08. The smallest absolute Gasteiger partial charge is 0.267 e. The van der Waals surface area contributed by atoms with Crippen molar-refractivity contribution in [2.45, 2.75) is 20.0 Å². The van der Waals surface area contributed by atoms with Gasteiger partial charge in [-0.3, -0.25) is 4.79 Å². The van der Waals surface area contributed by atoms with Gasteiger partial charge in [-0.25, -0.2) is 4.39 Å². The van der Waals surface area contributed by atoms with Crippen molar-refractivity contribution in [1.82, 2.24) is 0 Å². The number of aryl methyl sites for hydroxylation is 1. The zero-order valence-electron chi connectivity index (χ0n) is 15.4. The Morgan fingerprint density at radius 2 is 2.00 bits per heavy atom. The molecule has 2 aromatic rings. The molecule has 0 aliphatic rings. The van der Waals surface area contributed by atoms with Crippen molar-refractivity contribution in [1.29, 1.82) is 0 Å². The van der Waals surface area contributed by atoms with Crippen LogP contribution in [0.2, 0.25) is 5.02 Å². The minimum Gasteiger partial charge on any atom is -0.493 e. The number of halogens is 2. The second-order valence-electron chi connectivity index (χ2n) is 5.67. The summed E-state index contributed by atoms with van der Waals surface area (Å²) >= 11 is 6.12. The van der Waals surface area contributed by atoms with Crippen LogP contribution < -0.4 is 14.8 Å². The first kappa shape index (κ1) is 20.5. The summed E-state index contributed by atoms with van der Waals surface area (Å²) in [6.07, 6.45) is 0.504. The van der Waals surface area contributed by atoms with Crippen LogP contribution >= 0.6 is 11.6 Å². The van der Waals surface area contributed by atoms with E-state index in [1.807, 2.05) is 0 Å². The van der Waals surface area contributed by atoms with Crippen LogP contribution in [0.15, 0.2) is 35.5 Å². The van der Waals surface area contributed by atoms with Gasteiger partial charge in [-0.1, -0.05) is 22.8 Å². The molecule has 0 saturated heterocycles. The molecule has 0 aliphatic carbocycles. The van der Waals surface area contributed by atoms with Crippen LogP contribution in [0.25, 0.3) is 0 Å². The molecule has 0 radical (unpaired) electrons. The van der Waals surface area contributed by atoms with Crippen molar-refractivity contribution in [2.24, 2.45) is 5.16 Å². The number of hydrogen-bond donors (Lipinski definition) is 1. The average Bonchev–Trinajstić information content (AvgIpc) is 2.64. The zero-order valence-corrected chi connectivity index (χ0v) is 16.1. The van der Waals surface area contributed by atoms with Crippen LogP contribution in [-0.4, -0.2) is 32.4 Å². The molecule has 8 heteroatoms. The van der Waals surface area contributed by atoms with Gasteiger partial charge in [0, 0.05) is 11.3 Å². The van der Waals surface area contributed by atoms with Crippen molar-refractivity contribution in [2.75, 3.05) is 19.5 Å². The molecule has 6 nitrogen and oxygen atoms in total. The number of anilines is 1. The highest BCUT2D eigenvalue weighted by Gasteiger charge is 2.15. The van der Waals surface area contributed by atoms with Gasteiger partial charge in [0.15, 0.2) is 11.5 Å². The molecule has 1 unspecified atom stereocenters. The van der Waals surface area contributed by atoms with Gasteiger partial charge in [0.1, 0.15) is 5.82 Å². The Morgan fingerprint density at radius 3 is 2.63 bits per heavy atom. The zero-order chi connectivity index (χ0) is 20.0. The number of oxime groups is 1. The Kier molecular flexibility index (Phi) is 7.01. The van der Waals surface area contributed by atoms with Gasteiger partial charge < -0.3 is 19.6 Å². The summed E-state index contributed by atoms with van der Waals surface area (Å²) in [6, 6.07) is 7.72. The van der Waals surface area contributed by atoms with Gasteiger partial charge in [-0.05, 0) is 43.7 Å². The first-order chi connectivity index (χ1) is 12.8. The maximum absolute atomic E-state index is 13.5. The maximum atomic E-state index is 13.5. The van der Waals surface area contributed by atoms with Crippen LogP contribution in [-0.2, 0) is 9.63 Å². The van der Waals surface area contributed by atoms with E-state index in [9.17, 15) is 9.18 Å². The molecule has 0 aliphatic heterocycles. The molecular weight excluding hydrogens is 375 g/mol. The van der Waals surface area contributed by atoms with Crippen LogP contribution in [0.4, 0.5) is 10.1 Å². The topological polar surface area (TPSA) is 69.2 Å². The molecule has 0 fully saturated rings. The van der Waals surface area contributed by atoms with Gasteiger partial charge in [0.2, 0.25) is 6.10 Å². The van der Waals surface area contributed by atoms with Crippen LogP contribution in [0.5, 0.6) is 11.5 Å². The molecule has 1 N–H and O–H groups in total. The van der Waals surface area contributed by atoms with Gasteiger partial charge in [-0.2, -0.15) is 0 Å². The molecule has 144 valence electrons. The third kappa shape index (κ3) is 5.34. The molecule has 27 heavy (non-hydrogen) atoms. The number of carbonyl (C=O) groups is 1. The lowest BCUT2D eigenvalue weighted by atomic mass is 10.2. The first-order valence-corrected chi connectivity index (χ1v) is 8.41. The third-order valence-corrected chi connectivity index (χ3v) is 3.97. The summed E-state index contributed by atoms with van der Waals surface area (Å²) in [4.78, 5) is 17.3. The fraction of sp³-hybridized carbons (Fsp3) is 0.263. The van der Waals surface area contributed by atoms with Crippen molar-refractivity contribution in [3.05, 3.63) is 52.3 Å². The highest BCUT2D eigenvalue weighted by atomic mass is 35.5. The van der Waals surface area contributed by atoms with E-state index in [-0.39, 0.29) is 0 Å². The van der Waals surface area contributed by atoms with Crippen LogP contribution in [0.1, 0.15) is 18.1 Å². The molecule has 0 heterocycles. The number of benzene rings is 2. The average molecular weight is 395 g/mol. The summed E-state index contributed by atoms with van der Waals surface area (Å²) in [5.74, 6) is -0.000536. The second kappa shape index (κ2) is 9.23. The molecule has 2 aromatic carbocycles. The summed E-state index contributed by atoms with van der Waals surface area (Å²) in [5, 5.41) is 6.71. The molecular formula is C19H20ClFN2O4. The Labute approximate surface area is 161 Å². The number of methoxy groups -OCH3 is 2. The SMILES string of the molecule is COc1cc(/C=N/OC(C)C(=O)Nc2ccc(C)c(F)c2)cc(Cl)c1OC. The Balaban J connectivity index is 1.99. The Hall–Kier alpha value is -2.80. The predicted molar refractivity (Wildman–Crippen MR) is 102 cm³/mol. The van der Waals surface area contributed by atoms with E-state index in [0.29, 0.717) is 33.3 Å². The fourth-order valence-corrected chi connectivity index (χ4v) is 2.45. The summed E-state index contributed by atoms with van der Waals surface area (Å²) in [6.45, 7) is 3.17. The lowest BCUT2D eigenvalue weighted by Gasteiger charge is -2.11. The van der Waals surface area contributed by atoms with E-state index in [4.69, 9.17) is 25.9 Å². The number of nitrogens with zero attached hydrogens (tertiary/aromatic N) is 1. The molecule has 1 atom stereocenters. The van der Waals surface area contributed by atoms with Crippen molar-refractivity contribution < 1.29 is 23.5 Å². The number of ether oxygens (including phenoxy) is 2. The monoisotopic (exact) mass is 394 g/mol. The molecule has 0 bridgehead atoms. The summed E-state index contributed by atoms with van der Waals surface area (Å²) < 4.78 is 23.9. The van der Waals surface area contributed by atoms with Crippen molar-refractivity contribution in [3.63, 3.8) is 0 Å². The fourth-order valence-electron chi connectivity index (χ4n) is 2.16. The Bertz CT molecular complexity index is 858. The van der Waals surface area contributed by atoms with E-state index < -0.39 is 17.8 Å². The summed E-state index contributed by atoms with van der Waals surface area (Å²) in [7, 11) is 2.98.